The molecule has 1 N–H and O–H groups in total. The van der Waals surface area contributed by atoms with E-state index in [-0.39, 0.29) is 6.42 Å². The molecule has 2 heterocycles. The average Bonchev–Trinajstić information content (AvgIpc) is 3.20. The van der Waals surface area contributed by atoms with Crippen LogP contribution in [0.2, 0.25) is 0 Å². The lowest BCUT2D eigenvalue weighted by molar-refractivity contribution is -0.136. The van der Waals surface area contributed by atoms with Gasteiger partial charge in [-0.3, -0.25) is 4.79 Å². The van der Waals surface area contributed by atoms with Gasteiger partial charge in [0.2, 0.25) is 0 Å². The number of thiazole rings is 1. The summed E-state index contributed by atoms with van der Waals surface area (Å²) in [7, 11) is 0. The maximum absolute atomic E-state index is 11.1. The number of aryl methyl sites for hydroxylation is 1. The Morgan fingerprint density at radius 2 is 2.08 bits per heavy atom. The molecule has 0 saturated heterocycles. The van der Waals surface area contributed by atoms with Gasteiger partial charge in [0.25, 0.3) is 0 Å². The van der Waals surface area contributed by atoms with Gasteiger partial charge in [-0.25, -0.2) is 4.98 Å². The van der Waals surface area contributed by atoms with Gasteiger partial charge in [-0.1, -0.05) is 13.8 Å². The standard InChI is InChI=1S/C20H28N2O2S2/c1-14-4-5-16(26-14)12-22(11-8-18(23)24)19-21-17(13-25-19)15-6-9-20(2,3)10-7-15/h4-5,13,15H,6-12H2,1-3H3,(H,23,24). The summed E-state index contributed by atoms with van der Waals surface area (Å²) in [6, 6.07) is 4.25. The Morgan fingerprint density at radius 1 is 1.35 bits per heavy atom. The molecular weight excluding hydrogens is 364 g/mol. The van der Waals surface area contributed by atoms with Crippen LogP contribution in [0.4, 0.5) is 5.13 Å². The number of carboxylic acids is 1. The summed E-state index contributed by atoms with van der Waals surface area (Å²) in [6.07, 6.45) is 5.05. The molecule has 0 spiro atoms. The summed E-state index contributed by atoms with van der Waals surface area (Å²) in [5.41, 5.74) is 1.66. The molecule has 0 atom stereocenters. The normalized spacial score (nSPS) is 17.3. The molecule has 2 aromatic rings. The largest absolute Gasteiger partial charge is 0.481 e. The zero-order valence-electron chi connectivity index (χ0n) is 15.8. The maximum Gasteiger partial charge on any atom is 0.305 e. The lowest BCUT2D eigenvalue weighted by Gasteiger charge is -2.33. The van der Waals surface area contributed by atoms with Crippen molar-refractivity contribution in [3.05, 3.63) is 33.0 Å². The van der Waals surface area contributed by atoms with E-state index in [1.54, 1.807) is 22.7 Å². The lowest BCUT2D eigenvalue weighted by Crippen LogP contribution is -2.25. The fourth-order valence-electron chi connectivity index (χ4n) is 3.54. The molecule has 1 aliphatic carbocycles. The van der Waals surface area contributed by atoms with Crippen LogP contribution in [0.3, 0.4) is 0 Å². The van der Waals surface area contributed by atoms with E-state index in [2.05, 4.69) is 43.2 Å². The van der Waals surface area contributed by atoms with Gasteiger partial charge >= 0.3 is 5.97 Å². The molecule has 0 amide bonds. The Morgan fingerprint density at radius 3 is 2.69 bits per heavy atom. The molecule has 0 unspecified atom stereocenters. The summed E-state index contributed by atoms with van der Waals surface area (Å²) in [6.45, 7) is 8.04. The predicted octanol–water partition coefficient (Wildman–Crippen LogP) is 5.68. The highest BCUT2D eigenvalue weighted by Crippen LogP contribution is 2.43. The quantitative estimate of drug-likeness (QED) is 0.659. The van der Waals surface area contributed by atoms with Crippen molar-refractivity contribution in [1.29, 1.82) is 0 Å². The first-order chi connectivity index (χ1) is 12.3. The van der Waals surface area contributed by atoms with Crippen LogP contribution in [-0.2, 0) is 11.3 Å². The number of anilines is 1. The third-order valence-corrected chi connectivity index (χ3v) is 7.18. The van der Waals surface area contributed by atoms with Crippen molar-refractivity contribution in [2.75, 3.05) is 11.4 Å². The zero-order valence-corrected chi connectivity index (χ0v) is 17.5. The summed E-state index contributed by atoms with van der Waals surface area (Å²) in [5, 5.41) is 12.2. The molecule has 0 radical (unpaired) electrons. The van der Waals surface area contributed by atoms with E-state index in [1.165, 1.54) is 41.1 Å². The fraction of sp³-hybridized carbons (Fsp3) is 0.600. The topological polar surface area (TPSA) is 53.4 Å². The number of nitrogens with zero attached hydrogens (tertiary/aromatic N) is 2. The average molecular weight is 393 g/mol. The van der Waals surface area contributed by atoms with Crippen LogP contribution in [0.15, 0.2) is 17.5 Å². The number of rotatable bonds is 7. The van der Waals surface area contributed by atoms with Gasteiger partial charge < -0.3 is 10.0 Å². The van der Waals surface area contributed by atoms with Crippen molar-refractivity contribution in [1.82, 2.24) is 4.98 Å². The van der Waals surface area contributed by atoms with Crippen molar-refractivity contribution in [3.8, 4) is 0 Å². The van der Waals surface area contributed by atoms with Gasteiger partial charge in [0, 0.05) is 27.6 Å². The van der Waals surface area contributed by atoms with E-state index in [0.29, 0.717) is 17.9 Å². The number of carbonyl (C=O) groups is 1. The van der Waals surface area contributed by atoms with Crippen LogP contribution in [0.25, 0.3) is 0 Å². The smallest absolute Gasteiger partial charge is 0.305 e. The molecule has 4 nitrogen and oxygen atoms in total. The predicted molar refractivity (Wildman–Crippen MR) is 109 cm³/mol. The van der Waals surface area contributed by atoms with Gasteiger partial charge in [0.05, 0.1) is 18.7 Å². The molecule has 6 heteroatoms. The molecule has 26 heavy (non-hydrogen) atoms. The van der Waals surface area contributed by atoms with Crippen LogP contribution < -0.4 is 4.90 Å². The Bertz CT molecular complexity index is 741. The van der Waals surface area contributed by atoms with Gasteiger partial charge in [0.1, 0.15) is 0 Å². The highest BCUT2D eigenvalue weighted by Gasteiger charge is 2.29. The first-order valence-electron chi connectivity index (χ1n) is 9.30. The van der Waals surface area contributed by atoms with Crippen LogP contribution in [0.5, 0.6) is 0 Å². The van der Waals surface area contributed by atoms with Gasteiger partial charge in [0.15, 0.2) is 5.13 Å². The van der Waals surface area contributed by atoms with Crippen molar-refractivity contribution < 1.29 is 9.90 Å². The molecule has 1 fully saturated rings. The molecule has 0 aliphatic heterocycles. The molecule has 3 rings (SSSR count). The highest BCUT2D eigenvalue weighted by molar-refractivity contribution is 7.14. The van der Waals surface area contributed by atoms with Crippen molar-refractivity contribution >= 4 is 33.8 Å². The second-order valence-electron chi connectivity index (χ2n) is 8.07. The van der Waals surface area contributed by atoms with Crippen LogP contribution >= 0.6 is 22.7 Å². The monoisotopic (exact) mass is 392 g/mol. The summed E-state index contributed by atoms with van der Waals surface area (Å²) in [4.78, 5) is 20.6. The maximum atomic E-state index is 11.1. The second-order valence-corrected chi connectivity index (χ2v) is 10.3. The number of aliphatic carboxylic acids is 1. The van der Waals surface area contributed by atoms with E-state index in [4.69, 9.17) is 10.1 Å². The minimum atomic E-state index is -0.761. The Kier molecular flexibility index (Phi) is 6.03. The Labute approximate surface area is 163 Å². The van der Waals surface area contributed by atoms with Crippen LogP contribution in [0, 0.1) is 12.3 Å². The lowest BCUT2D eigenvalue weighted by atomic mass is 9.72. The SMILES string of the molecule is Cc1ccc(CN(CCC(=O)O)c2nc(C3CCC(C)(C)CC3)cs2)s1. The van der Waals surface area contributed by atoms with E-state index < -0.39 is 5.97 Å². The third kappa shape index (κ3) is 5.07. The number of thiophene rings is 1. The molecule has 1 saturated carbocycles. The Hall–Kier alpha value is -1.40. The van der Waals surface area contributed by atoms with E-state index in [0.717, 1.165) is 11.7 Å². The van der Waals surface area contributed by atoms with Crippen LogP contribution in [0.1, 0.15) is 67.3 Å². The van der Waals surface area contributed by atoms with Gasteiger partial charge in [-0.15, -0.1) is 22.7 Å². The minimum Gasteiger partial charge on any atom is -0.481 e. The highest BCUT2D eigenvalue weighted by atomic mass is 32.1. The molecule has 2 aromatic heterocycles. The number of hydrogen-bond donors (Lipinski definition) is 1. The van der Waals surface area contributed by atoms with Gasteiger partial charge in [-0.05, 0) is 50.2 Å². The fourth-order valence-corrected chi connectivity index (χ4v) is 5.38. The molecule has 0 aromatic carbocycles. The molecule has 0 bridgehead atoms. The van der Waals surface area contributed by atoms with Crippen LogP contribution in [-0.4, -0.2) is 22.6 Å². The molecule has 1 aliphatic rings. The van der Waals surface area contributed by atoms with Gasteiger partial charge in [-0.2, -0.15) is 0 Å². The molecule has 142 valence electrons. The number of aromatic nitrogens is 1. The number of hydrogen-bond acceptors (Lipinski definition) is 5. The van der Waals surface area contributed by atoms with E-state index >= 15 is 0 Å². The van der Waals surface area contributed by atoms with E-state index in [1.807, 2.05) is 0 Å². The van der Waals surface area contributed by atoms with Crippen molar-refractivity contribution in [2.24, 2.45) is 5.41 Å². The first-order valence-corrected chi connectivity index (χ1v) is 11.0. The minimum absolute atomic E-state index is 0.136. The molecular formula is C20H28N2O2S2. The summed E-state index contributed by atoms with van der Waals surface area (Å²) >= 11 is 3.42. The summed E-state index contributed by atoms with van der Waals surface area (Å²) < 4.78 is 0. The van der Waals surface area contributed by atoms with Crippen molar-refractivity contribution in [2.45, 2.75) is 65.3 Å². The summed E-state index contributed by atoms with van der Waals surface area (Å²) in [5.74, 6) is -0.206. The number of carboxylic acid groups (broad SMARTS) is 1. The Balaban J connectivity index is 1.72. The van der Waals surface area contributed by atoms with E-state index in [9.17, 15) is 4.79 Å². The van der Waals surface area contributed by atoms with Crippen molar-refractivity contribution in [3.63, 3.8) is 0 Å². The first kappa shape index (κ1) is 19.4. The zero-order chi connectivity index (χ0) is 18.7. The third-order valence-electron chi connectivity index (χ3n) is 5.28. The second kappa shape index (κ2) is 8.09.